The molecule has 2 N–H and O–H groups in total. The first-order valence-electron chi connectivity index (χ1n) is 6.32. The van der Waals surface area contributed by atoms with Gasteiger partial charge in [0.25, 0.3) is 0 Å². The number of hydrogen-bond donors (Lipinski definition) is 2. The van der Waals surface area contributed by atoms with Crippen LogP contribution >= 0.6 is 51.5 Å². The zero-order chi connectivity index (χ0) is 15.0. The fourth-order valence-electron chi connectivity index (χ4n) is 2.21. The van der Waals surface area contributed by atoms with Crippen molar-refractivity contribution in [3.8, 4) is 0 Å². The molecule has 3 nitrogen and oxygen atoms in total. The summed E-state index contributed by atoms with van der Waals surface area (Å²) < 4.78 is 2.83. The van der Waals surface area contributed by atoms with Gasteiger partial charge < -0.3 is 9.67 Å². The van der Waals surface area contributed by atoms with E-state index in [2.05, 4.69) is 0 Å². The maximum Gasteiger partial charge on any atom is 0.183 e. The second-order valence-corrected chi connectivity index (χ2v) is 6.52. The molecular formula is C15H13BrCl2N2OS. The van der Waals surface area contributed by atoms with Crippen molar-refractivity contribution in [2.45, 2.75) is 12.6 Å². The monoisotopic (exact) mass is 418 g/mol. The third-order valence-electron chi connectivity index (χ3n) is 3.29. The van der Waals surface area contributed by atoms with Gasteiger partial charge in [0, 0.05) is 0 Å². The highest BCUT2D eigenvalue weighted by Gasteiger charge is 2.13. The van der Waals surface area contributed by atoms with E-state index in [9.17, 15) is 5.11 Å². The summed E-state index contributed by atoms with van der Waals surface area (Å²) in [6.07, 6.45) is -0.744. The quantitative estimate of drug-likeness (QED) is 0.629. The molecule has 0 aliphatic carbocycles. The van der Waals surface area contributed by atoms with Crippen molar-refractivity contribution >= 4 is 61.7 Å². The second kappa shape index (κ2) is 7.15. The SMILES string of the molecule is Br.N=c1sc2ccccc2n1CC(O)c1ccc(Cl)c(Cl)c1. The van der Waals surface area contributed by atoms with Crippen LogP contribution in [0.2, 0.25) is 10.0 Å². The number of nitrogens with one attached hydrogen (secondary N) is 1. The third-order valence-corrected chi connectivity index (χ3v) is 5.01. The summed E-state index contributed by atoms with van der Waals surface area (Å²) in [6.45, 7) is 0.306. The van der Waals surface area contributed by atoms with Crippen molar-refractivity contribution < 1.29 is 5.11 Å². The Morgan fingerprint density at radius 3 is 2.59 bits per heavy atom. The largest absolute Gasteiger partial charge is 0.387 e. The molecule has 0 radical (unpaired) electrons. The number of halogens is 3. The maximum atomic E-state index is 10.4. The molecule has 0 spiro atoms. The molecule has 2 aromatic carbocycles. The van der Waals surface area contributed by atoms with Crippen LogP contribution in [0.4, 0.5) is 0 Å². The Bertz CT molecular complexity index is 862. The highest BCUT2D eigenvalue weighted by molar-refractivity contribution is 8.93. The first kappa shape index (κ1) is 17.5. The van der Waals surface area contributed by atoms with E-state index in [0.717, 1.165) is 10.2 Å². The summed E-state index contributed by atoms with van der Waals surface area (Å²) in [7, 11) is 0. The number of hydrogen-bond acceptors (Lipinski definition) is 3. The molecular weight excluding hydrogens is 407 g/mol. The molecule has 0 saturated heterocycles. The summed E-state index contributed by atoms with van der Waals surface area (Å²) >= 11 is 13.3. The van der Waals surface area contributed by atoms with Crippen molar-refractivity contribution in [1.29, 1.82) is 5.41 Å². The van der Waals surface area contributed by atoms with Gasteiger partial charge in [-0.3, -0.25) is 5.41 Å². The van der Waals surface area contributed by atoms with Crippen molar-refractivity contribution in [2.24, 2.45) is 0 Å². The molecule has 0 amide bonds. The van der Waals surface area contributed by atoms with Gasteiger partial charge in [0.1, 0.15) is 0 Å². The smallest absolute Gasteiger partial charge is 0.183 e. The van der Waals surface area contributed by atoms with E-state index >= 15 is 0 Å². The maximum absolute atomic E-state index is 10.4. The zero-order valence-corrected chi connectivity index (χ0v) is 15.3. The van der Waals surface area contributed by atoms with Gasteiger partial charge in [0.15, 0.2) is 4.80 Å². The first-order valence-corrected chi connectivity index (χ1v) is 7.89. The molecule has 0 saturated carbocycles. The number of rotatable bonds is 3. The van der Waals surface area contributed by atoms with Gasteiger partial charge in [-0.1, -0.05) is 52.7 Å². The first-order chi connectivity index (χ1) is 10.1. The van der Waals surface area contributed by atoms with Gasteiger partial charge in [-0.15, -0.1) is 17.0 Å². The van der Waals surface area contributed by atoms with E-state index in [1.807, 2.05) is 24.3 Å². The Balaban J connectivity index is 0.00000176. The lowest BCUT2D eigenvalue weighted by molar-refractivity contribution is 0.157. The van der Waals surface area contributed by atoms with Crippen LogP contribution in [0, 0.1) is 5.41 Å². The minimum absolute atomic E-state index is 0. The molecule has 0 bridgehead atoms. The van der Waals surface area contributed by atoms with Crippen molar-refractivity contribution in [3.63, 3.8) is 0 Å². The molecule has 1 unspecified atom stereocenters. The number of nitrogens with zero attached hydrogens (tertiary/aromatic N) is 1. The van der Waals surface area contributed by atoms with Crippen LogP contribution in [0.15, 0.2) is 42.5 Å². The van der Waals surface area contributed by atoms with E-state index < -0.39 is 6.10 Å². The zero-order valence-electron chi connectivity index (χ0n) is 11.3. The van der Waals surface area contributed by atoms with Crippen LogP contribution in [0.25, 0.3) is 10.2 Å². The summed E-state index contributed by atoms with van der Waals surface area (Å²) in [5.41, 5.74) is 1.64. The summed E-state index contributed by atoms with van der Waals surface area (Å²) in [6, 6.07) is 12.9. The molecule has 7 heteroatoms. The van der Waals surface area contributed by atoms with Gasteiger partial charge in [0.2, 0.25) is 0 Å². The van der Waals surface area contributed by atoms with E-state index in [1.54, 1.807) is 22.8 Å². The predicted molar refractivity (Wildman–Crippen MR) is 97.4 cm³/mol. The predicted octanol–water partition coefficient (Wildman–Crippen LogP) is 4.80. The number of aliphatic hydroxyl groups excluding tert-OH is 1. The van der Waals surface area contributed by atoms with Gasteiger partial charge in [-0.2, -0.15) is 0 Å². The number of aromatic nitrogens is 1. The number of fused-ring (bicyclic) bond motifs is 1. The van der Waals surface area contributed by atoms with Gasteiger partial charge in [0.05, 0.1) is 32.9 Å². The minimum atomic E-state index is -0.744. The Morgan fingerprint density at radius 2 is 1.86 bits per heavy atom. The Hall–Kier alpha value is -0.850. The molecule has 116 valence electrons. The van der Waals surface area contributed by atoms with E-state index in [-0.39, 0.29) is 17.0 Å². The van der Waals surface area contributed by atoms with Crippen LogP contribution in [-0.4, -0.2) is 9.67 Å². The highest BCUT2D eigenvalue weighted by Crippen LogP contribution is 2.27. The van der Waals surface area contributed by atoms with Crippen molar-refractivity contribution in [1.82, 2.24) is 4.57 Å². The molecule has 0 fully saturated rings. The lowest BCUT2D eigenvalue weighted by Gasteiger charge is -2.13. The normalized spacial score (nSPS) is 12.1. The lowest BCUT2D eigenvalue weighted by atomic mass is 10.1. The Kier molecular flexibility index (Phi) is 5.69. The Morgan fingerprint density at radius 1 is 1.14 bits per heavy atom. The van der Waals surface area contributed by atoms with Crippen LogP contribution < -0.4 is 4.80 Å². The summed E-state index contributed by atoms with van der Waals surface area (Å²) in [4.78, 5) is 0.412. The average Bonchev–Trinajstić information content (AvgIpc) is 2.78. The number of benzene rings is 2. The topological polar surface area (TPSA) is 49.0 Å². The molecule has 1 atom stereocenters. The molecule has 22 heavy (non-hydrogen) atoms. The molecule has 1 heterocycles. The van der Waals surface area contributed by atoms with Crippen LogP contribution in [0.3, 0.4) is 0 Å². The van der Waals surface area contributed by atoms with Crippen LogP contribution in [-0.2, 0) is 6.54 Å². The van der Waals surface area contributed by atoms with Gasteiger partial charge >= 0.3 is 0 Å². The molecule has 0 aliphatic heterocycles. The lowest BCUT2D eigenvalue weighted by Crippen LogP contribution is -2.18. The number of aliphatic hydroxyl groups is 1. The summed E-state index contributed by atoms with van der Waals surface area (Å²) in [5.74, 6) is 0. The Labute approximate surface area is 152 Å². The third kappa shape index (κ3) is 3.39. The van der Waals surface area contributed by atoms with Crippen molar-refractivity contribution in [3.05, 3.63) is 62.9 Å². The van der Waals surface area contributed by atoms with Crippen molar-refractivity contribution in [2.75, 3.05) is 0 Å². The molecule has 0 aliphatic rings. The van der Waals surface area contributed by atoms with Gasteiger partial charge in [-0.05, 0) is 29.8 Å². The minimum Gasteiger partial charge on any atom is -0.387 e. The standard InChI is InChI=1S/C15H12Cl2N2OS.BrH/c16-10-6-5-9(7-11(10)17)13(20)8-19-12-3-1-2-4-14(12)21-15(19)18;/h1-7,13,18,20H,8H2;1H. The van der Waals surface area contributed by atoms with E-state index in [0.29, 0.717) is 27.0 Å². The molecule has 1 aromatic heterocycles. The van der Waals surface area contributed by atoms with Crippen LogP contribution in [0.1, 0.15) is 11.7 Å². The summed E-state index contributed by atoms with van der Waals surface area (Å²) in [5, 5.41) is 19.3. The highest BCUT2D eigenvalue weighted by atomic mass is 79.9. The van der Waals surface area contributed by atoms with E-state index in [1.165, 1.54) is 11.3 Å². The number of thiazole rings is 1. The number of para-hydroxylation sites is 1. The second-order valence-electron chi connectivity index (χ2n) is 4.67. The van der Waals surface area contributed by atoms with Crippen LogP contribution in [0.5, 0.6) is 0 Å². The fraction of sp³-hybridized carbons (Fsp3) is 0.133. The molecule has 3 aromatic rings. The van der Waals surface area contributed by atoms with Gasteiger partial charge in [-0.25, -0.2) is 0 Å². The average molecular weight is 420 g/mol. The molecule has 3 rings (SSSR count). The van der Waals surface area contributed by atoms with E-state index in [4.69, 9.17) is 28.6 Å². The fourth-order valence-corrected chi connectivity index (χ4v) is 3.44.